The monoisotopic (exact) mass is 437 g/mol. The minimum absolute atomic E-state index is 0.0282. The van der Waals surface area contributed by atoms with Crippen molar-refractivity contribution in [1.82, 2.24) is 10.2 Å². The lowest BCUT2D eigenvalue weighted by Crippen LogP contribution is -2.45. The van der Waals surface area contributed by atoms with Gasteiger partial charge < -0.3 is 15.0 Å². The summed E-state index contributed by atoms with van der Waals surface area (Å²) in [5.74, 6) is 1.09. The van der Waals surface area contributed by atoms with Crippen LogP contribution in [0.25, 0.3) is 0 Å². The summed E-state index contributed by atoms with van der Waals surface area (Å²) in [5, 5.41) is 2.94. The zero-order chi connectivity index (χ0) is 19.2. The lowest BCUT2D eigenvalue weighted by molar-refractivity contribution is -0.125. The van der Waals surface area contributed by atoms with Gasteiger partial charge in [-0.2, -0.15) is 0 Å². The molecule has 0 spiro atoms. The van der Waals surface area contributed by atoms with Gasteiger partial charge in [0.25, 0.3) is 5.91 Å². The van der Waals surface area contributed by atoms with Crippen LogP contribution in [0.2, 0.25) is 0 Å². The number of hydrogen-bond donors (Lipinski definition) is 1. The van der Waals surface area contributed by atoms with Gasteiger partial charge >= 0.3 is 0 Å². The number of carbonyl (C=O) groups excluding carboxylic acids is 2. The van der Waals surface area contributed by atoms with E-state index in [1.807, 2.05) is 12.1 Å². The molecule has 2 heterocycles. The Labute approximate surface area is 169 Å². The van der Waals surface area contributed by atoms with Gasteiger partial charge in [0.05, 0.1) is 5.69 Å². The number of nitrogens with one attached hydrogen (secondary N) is 1. The summed E-state index contributed by atoms with van der Waals surface area (Å²) >= 11 is 3.39. The summed E-state index contributed by atoms with van der Waals surface area (Å²) in [6.07, 6.45) is 4.67. The Hall–Kier alpha value is -1.60. The summed E-state index contributed by atoms with van der Waals surface area (Å²) in [6, 6.07) is 5.45. The average molecular weight is 438 g/mol. The third-order valence-corrected chi connectivity index (χ3v) is 5.62. The maximum atomic E-state index is 12.3. The normalized spacial score (nSPS) is 20.1. The number of rotatable bonds is 7. The number of unbranched alkanes of at least 4 members (excludes halogenated alkanes) is 1. The second kappa shape index (κ2) is 9.55. The predicted molar refractivity (Wildman–Crippen MR) is 109 cm³/mol. The number of benzene rings is 1. The van der Waals surface area contributed by atoms with Crippen LogP contribution >= 0.6 is 15.9 Å². The summed E-state index contributed by atoms with van der Waals surface area (Å²) < 4.78 is 6.33. The molecule has 2 amide bonds. The molecule has 0 bridgehead atoms. The second-order valence-electron chi connectivity index (χ2n) is 7.49. The smallest absolute Gasteiger partial charge is 0.265 e. The summed E-state index contributed by atoms with van der Waals surface area (Å²) in [4.78, 5) is 28.5. The SMILES string of the molecule is CC1CCCN(CCCCNC(=O)CN2C(=O)COc3cc(Br)ccc32)C1. The van der Waals surface area contributed by atoms with Crippen LogP contribution in [0, 0.1) is 5.92 Å². The highest BCUT2D eigenvalue weighted by atomic mass is 79.9. The van der Waals surface area contributed by atoms with E-state index in [0.29, 0.717) is 18.0 Å². The van der Waals surface area contributed by atoms with Crippen molar-refractivity contribution in [1.29, 1.82) is 0 Å². The molecular weight excluding hydrogens is 410 g/mol. The van der Waals surface area contributed by atoms with E-state index < -0.39 is 0 Å². The lowest BCUT2D eigenvalue weighted by Gasteiger charge is -2.30. The van der Waals surface area contributed by atoms with Crippen molar-refractivity contribution < 1.29 is 14.3 Å². The minimum atomic E-state index is -0.195. The van der Waals surface area contributed by atoms with Crippen LogP contribution in [-0.2, 0) is 9.59 Å². The number of nitrogens with zero attached hydrogens (tertiary/aromatic N) is 2. The number of anilines is 1. The molecule has 1 saturated heterocycles. The Morgan fingerprint density at radius 3 is 3.04 bits per heavy atom. The van der Waals surface area contributed by atoms with Crippen molar-refractivity contribution in [2.45, 2.75) is 32.6 Å². The molecule has 6 nitrogen and oxygen atoms in total. The highest BCUT2D eigenvalue weighted by molar-refractivity contribution is 9.10. The average Bonchev–Trinajstić information content (AvgIpc) is 2.64. The Balaban J connectivity index is 1.40. The van der Waals surface area contributed by atoms with Gasteiger partial charge in [-0.15, -0.1) is 0 Å². The van der Waals surface area contributed by atoms with Gasteiger partial charge in [-0.05, 0) is 62.9 Å². The zero-order valence-corrected chi connectivity index (χ0v) is 17.5. The van der Waals surface area contributed by atoms with Gasteiger partial charge in [0.1, 0.15) is 12.3 Å². The molecule has 0 aliphatic carbocycles. The van der Waals surface area contributed by atoms with Crippen LogP contribution in [0.15, 0.2) is 22.7 Å². The molecule has 0 saturated carbocycles. The summed E-state index contributed by atoms with van der Waals surface area (Å²) in [6.45, 7) is 6.45. The van der Waals surface area contributed by atoms with Crippen LogP contribution in [-0.4, -0.2) is 56.0 Å². The molecule has 27 heavy (non-hydrogen) atoms. The molecule has 1 unspecified atom stereocenters. The second-order valence-corrected chi connectivity index (χ2v) is 8.40. The first kappa shape index (κ1) is 20.1. The van der Waals surface area contributed by atoms with E-state index in [-0.39, 0.29) is 25.0 Å². The van der Waals surface area contributed by atoms with Crippen molar-refractivity contribution in [3.63, 3.8) is 0 Å². The lowest BCUT2D eigenvalue weighted by atomic mass is 10.0. The molecule has 0 radical (unpaired) electrons. The number of piperidine rings is 1. The maximum absolute atomic E-state index is 12.3. The number of hydrogen-bond acceptors (Lipinski definition) is 4. The van der Waals surface area contributed by atoms with Crippen LogP contribution < -0.4 is 15.0 Å². The van der Waals surface area contributed by atoms with Gasteiger partial charge in [-0.1, -0.05) is 22.9 Å². The van der Waals surface area contributed by atoms with Crippen molar-refractivity contribution in [2.75, 3.05) is 44.2 Å². The third-order valence-electron chi connectivity index (χ3n) is 5.13. The topological polar surface area (TPSA) is 61.9 Å². The van der Waals surface area contributed by atoms with Crippen LogP contribution in [0.1, 0.15) is 32.6 Å². The van der Waals surface area contributed by atoms with E-state index in [4.69, 9.17) is 4.74 Å². The largest absolute Gasteiger partial charge is 0.482 e. The van der Waals surface area contributed by atoms with E-state index in [0.717, 1.165) is 29.8 Å². The van der Waals surface area contributed by atoms with Crippen molar-refractivity contribution in [2.24, 2.45) is 5.92 Å². The van der Waals surface area contributed by atoms with Gasteiger partial charge in [0.15, 0.2) is 6.61 Å². The molecule has 1 atom stereocenters. The Morgan fingerprint density at radius 1 is 1.37 bits per heavy atom. The number of amides is 2. The van der Waals surface area contributed by atoms with Gasteiger partial charge in [-0.25, -0.2) is 0 Å². The molecule has 2 aliphatic heterocycles. The molecule has 7 heteroatoms. The Bertz CT molecular complexity index is 682. The summed E-state index contributed by atoms with van der Waals surface area (Å²) in [7, 11) is 0. The Kier molecular flexibility index (Phi) is 7.13. The molecule has 1 aromatic carbocycles. The molecule has 3 rings (SSSR count). The minimum Gasteiger partial charge on any atom is -0.482 e. The maximum Gasteiger partial charge on any atom is 0.265 e. The Morgan fingerprint density at radius 2 is 2.22 bits per heavy atom. The standard InChI is InChI=1S/C20H28BrN3O3/c1-15-5-4-10-23(12-15)9-3-2-8-22-19(25)13-24-17-7-6-16(21)11-18(17)27-14-20(24)26/h6-7,11,15H,2-5,8-10,12-14H2,1H3,(H,22,25). The summed E-state index contributed by atoms with van der Waals surface area (Å²) in [5.41, 5.74) is 0.642. The zero-order valence-electron chi connectivity index (χ0n) is 15.9. The van der Waals surface area contributed by atoms with Gasteiger partial charge in [0, 0.05) is 17.6 Å². The van der Waals surface area contributed by atoms with E-state index in [2.05, 4.69) is 33.1 Å². The quantitative estimate of drug-likeness (QED) is 0.666. The number of ether oxygens (including phenoxy) is 1. The van der Waals surface area contributed by atoms with Gasteiger partial charge in [0.2, 0.25) is 5.91 Å². The molecule has 1 fully saturated rings. The molecule has 1 aromatic rings. The number of likely N-dealkylation sites (tertiary alicyclic amines) is 1. The fourth-order valence-electron chi connectivity index (χ4n) is 3.73. The number of carbonyl (C=O) groups is 2. The first-order valence-electron chi connectivity index (χ1n) is 9.74. The first-order valence-corrected chi connectivity index (χ1v) is 10.5. The molecule has 1 N–H and O–H groups in total. The highest BCUT2D eigenvalue weighted by Gasteiger charge is 2.27. The number of halogens is 1. The van der Waals surface area contributed by atoms with Crippen molar-refractivity contribution >= 4 is 33.4 Å². The molecule has 2 aliphatic rings. The predicted octanol–water partition coefficient (Wildman–Crippen LogP) is 2.80. The van der Waals surface area contributed by atoms with E-state index in [1.54, 1.807) is 6.07 Å². The molecule has 0 aromatic heterocycles. The fraction of sp³-hybridized carbons (Fsp3) is 0.600. The van der Waals surface area contributed by atoms with Gasteiger partial charge in [-0.3, -0.25) is 14.5 Å². The number of fused-ring (bicyclic) bond motifs is 1. The fourth-order valence-corrected chi connectivity index (χ4v) is 4.07. The third kappa shape index (κ3) is 5.69. The van der Waals surface area contributed by atoms with Crippen LogP contribution in [0.5, 0.6) is 5.75 Å². The van der Waals surface area contributed by atoms with Crippen LogP contribution in [0.4, 0.5) is 5.69 Å². The van der Waals surface area contributed by atoms with E-state index >= 15 is 0 Å². The molecule has 148 valence electrons. The molecular formula is C20H28BrN3O3. The van der Waals surface area contributed by atoms with E-state index in [9.17, 15) is 9.59 Å². The van der Waals surface area contributed by atoms with Crippen molar-refractivity contribution in [3.05, 3.63) is 22.7 Å². The van der Waals surface area contributed by atoms with E-state index in [1.165, 1.54) is 30.8 Å². The first-order chi connectivity index (χ1) is 13.0. The van der Waals surface area contributed by atoms with Crippen LogP contribution in [0.3, 0.4) is 0 Å². The van der Waals surface area contributed by atoms with Crippen molar-refractivity contribution in [3.8, 4) is 5.75 Å². The highest BCUT2D eigenvalue weighted by Crippen LogP contribution is 2.34.